The fourth-order valence-corrected chi connectivity index (χ4v) is 1.64. The summed E-state index contributed by atoms with van der Waals surface area (Å²) >= 11 is 0. The van der Waals surface area contributed by atoms with Crippen molar-refractivity contribution in [1.82, 2.24) is 0 Å². The van der Waals surface area contributed by atoms with E-state index in [1.807, 2.05) is 0 Å². The average Bonchev–Trinajstić information content (AvgIpc) is 2.47. The zero-order valence-corrected chi connectivity index (χ0v) is 15.2. The summed E-state index contributed by atoms with van der Waals surface area (Å²) in [5.41, 5.74) is -2.87. The molecule has 22 heavy (non-hydrogen) atoms. The first-order valence-corrected chi connectivity index (χ1v) is 7.28. The van der Waals surface area contributed by atoms with Crippen LogP contribution in [0.25, 0.3) is 0 Å². The van der Waals surface area contributed by atoms with Crippen molar-refractivity contribution in [3.63, 3.8) is 0 Å². The van der Waals surface area contributed by atoms with Gasteiger partial charge >= 0.3 is 29.6 Å². The van der Waals surface area contributed by atoms with E-state index in [4.69, 9.17) is 20.1 Å². The monoisotopic (exact) mass is 356 g/mol. The molecule has 0 saturated carbocycles. The molecule has 0 aromatic rings. The van der Waals surface area contributed by atoms with Crippen molar-refractivity contribution in [2.75, 3.05) is 52.9 Å². The van der Waals surface area contributed by atoms with Gasteiger partial charge < -0.3 is 34.8 Å². The van der Waals surface area contributed by atoms with Crippen LogP contribution in [-0.4, -0.2) is 91.4 Å². The van der Waals surface area contributed by atoms with Crippen molar-refractivity contribution >= 4 is 10.4 Å². The maximum absolute atomic E-state index is 10.4. The third-order valence-corrected chi connectivity index (χ3v) is 3.41. The average molecular weight is 356 g/mol. The Morgan fingerprint density at radius 3 is 1.45 bits per heavy atom. The van der Waals surface area contributed by atoms with Crippen LogP contribution < -0.4 is 29.6 Å². The Hall–Kier alpha value is 0.630. The van der Waals surface area contributed by atoms with Gasteiger partial charge in [-0.2, -0.15) is 0 Å². The summed E-state index contributed by atoms with van der Waals surface area (Å²) in [5, 5.41) is 45.7. The minimum atomic E-state index is -4.99. The van der Waals surface area contributed by atoms with Gasteiger partial charge in [0.15, 0.2) is 0 Å². The minimum absolute atomic E-state index is 0. The molecule has 0 aliphatic carbocycles. The molecule has 0 fully saturated rings. The SMILES string of the molecule is O=S(=O)([O-])OCC(CO)(CO)COCC(CO)(CO)CO.[Na+]. The summed E-state index contributed by atoms with van der Waals surface area (Å²) in [6.45, 7) is -4.72. The Labute approximate surface area is 150 Å². The van der Waals surface area contributed by atoms with Crippen molar-refractivity contribution < 1.29 is 77.0 Å². The Balaban J connectivity index is 0. The zero-order valence-electron chi connectivity index (χ0n) is 12.3. The first-order chi connectivity index (χ1) is 9.72. The van der Waals surface area contributed by atoms with E-state index in [1.54, 1.807) is 0 Å². The summed E-state index contributed by atoms with van der Waals surface area (Å²) in [5.74, 6) is 0. The molecule has 0 radical (unpaired) electrons. The van der Waals surface area contributed by atoms with Gasteiger partial charge in [0.05, 0.1) is 63.7 Å². The molecule has 0 rings (SSSR count). The Bertz CT molecular complexity index is 371. The van der Waals surface area contributed by atoms with E-state index in [9.17, 15) is 23.2 Å². The smallest absolute Gasteiger partial charge is 0.726 e. The van der Waals surface area contributed by atoms with Crippen LogP contribution in [0, 0.1) is 10.8 Å². The van der Waals surface area contributed by atoms with E-state index in [0.29, 0.717) is 0 Å². The van der Waals surface area contributed by atoms with Crippen molar-refractivity contribution in [2.24, 2.45) is 10.8 Å². The molecular formula is C10H21NaO10S. The Kier molecular flexibility index (Phi) is 12.7. The summed E-state index contributed by atoms with van der Waals surface area (Å²) in [6.07, 6.45) is 0. The fraction of sp³-hybridized carbons (Fsp3) is 1.00. The van der Waals surface area contributed by atoms with Gasteiger partial charge in [0.25, 0.3) is 0 Å². The van der Waals surface area contributed by atoms with E-state index in [2.05, 4.69) is 4.18 Å². The van der Waals surface area contributed by atoms with Gasteiger partial charge in [-0.25, -0.2) is 8.42 Å². The Morgan fingerprint density at radius 2 is 1.14 bits per heavy atom. The second-order valence-corrected chi connectivity index (χ2v) is 6.01. The van der Waals surface area contributed by atoms with Gasteiger partial charge in [0, 0.05) is 0 Å². The molecule has 0 atom stereocenters. The van der Waals surface area contributed by atoms with Crippen LogP contribution >= 0.6 is 0 Å². The minimum Gasteiger partial charge on any atom is -0.726 e. The van der Waals surface area contributed by atoms with Crippen LogP contribution in [0.2, 0.25) is 0 Å². The number of ether oxygens (including phenoxy) is 1. The van der Waals surface area contributed by atoms with Crippen molar-refractivity contribution in [3.8, 4) is 0 Å². The molecule has 0 aromatic heterocycles. The first kappa shape index (κ1) is 24.9. The van der Waals surface area contributed by atoms with Crippen LogP contribution in [0.5, 0.6) is 0 Å². The number of aliphatic hydroxyl groups excluding tert-OH is 5. The number of rotatable bonds is 12. The molecule has 0 aromatic carbocycles. The van der Waals surface area contributed by atoms with Crippen molar-refractivity contribution in [2.45, 2.75) is 0 Å². The molecule has 0 unspecified atom stereocenters. The molecule has 5 N–H and O–H groups in total. The van der Waals surface area contributed by atoms with Gasteiger partial charge in [-0.3, -0.25) is 4.18 Å². The molecule has 0 heterocycles. The van der Waals surface area contributed by atoms with E-state index in [-0.39, 0.29) is 36.2 Å². The molecule has 12 heteroatoms. The van der Waals surface area contributed by atoms with Crippen molar-refractivity contribution in [1.29, 1.82) is 0 Å². The Morgan fingerprint density at radius 1 is 0.773 bits per heavy atom. The number of hydrogen-bond acceptors (Lipinski definition) is 10. The van der Waals surface area contributed by atoms with Gasteiger partial charge in [-0.05, 0) is 0 Å². The third-order valence-electron chi connectivity index (χ3n) is 3.00. The maximum Gasteiger partial charge on any atom is 1.00 e. The second-order valence-electron chi connectivity index (χ2n) is 4.95. The van der Waals surface area contributed by atoms with Crippen LogP contribution in [0.3, 0.4) is 0 Å². The summed E-state index contributed by atoms with van der Waals surface area (Å²) in [6, 6.07) is 0. The van der Waals surface area contributed by atoms with Crippen LogP contribution in [0.1, 0.15) is 0 Å². The first-order valence-electron chi connectivity index (χ1n) is 5.94. The molecule has 0 aliphatic heterocycles. The molecule has 10 nitrogen and oxygen atoms in total. The molecular weight excluding hydrogens is 335 g/mol. The third kappa shape index (κ3) is 8.47. The quantitative estimate of drug-likeness (QED) is 0.128. The summed E-state index contributed by atoms with van der Waals surface area (Å²) in [7, 11) is -4.99. The molecule has 0 spiro atoms. The predicted octanol–water partition coefficient (Wildman–Crippen LogP) is -6.58. The zero-order chi connectivity index (χ0) is 16.6. The largest absolute Gasteiger partial charge is 1.00 e. The van der Waals surface area contributed by atoms with E-state index >= 15 is 0 Å². The normalized spacial score (nSPS) is 13.0. The van der Waals surface area contributed by atoms with Gasteiger partial charge in [-0.1, -0.05) is 0 Å². The number of hydrogen-bond donors (Lipinski definition) is 5. The van der Waals surface area contributed by atoms with Crippen LogP contribution in [0.15, 0.2) is 0 Å². The molecule has 0 amide bonds. The topological polar surface area (TPSA) is 177 Å². The van der Waals surface area contributed by atoms with E-state index in [1.165, 1.54) is 0 Å². The molecule has 0 saturated heterocycles. The van der Waals surface area contributed by atoms with Gasteiger partial charge in [-0.15, -0.1) is 0 Å². The maximum atomic E-state index is 10.4. The van der Waals surface area contributed by atoms with Gasteiger partial charge in [0.2, 0.25) is 10.4 Å². The predicted molar refractivity (Wildman–Crippen MR) is 66.8 cm³/mol. The standard InChI is InChI=1S/C10H22O10S.Na/c11-1-9(2-12,3-13)6-19-7-10(4-14,5-15)8-20-21(16,17)18;/h11-15H,1-8H2,(H,16,17,18);/q;+1/p-1. The van der Waals surface area contributed by atoms with Crippen molar-refractivity contribution in [3.05, 3.63) is 0 Å². The van der Waals surface area contributed by atoms with Gasteiger partial charge in [0.1, 0.15) is 0 Å². The molecule has 0 bridgehead atoms. The van der Waals surface area contributed by atoms with Crippen LogP contribution in [0.4, 0.5) is 0 Å². The second kappa shape index (κ2) is 11.2. The van der Waals surface area contributed by atoms with E-state index in [0.717, 1.165) is 0 Å². The molecule has 0 aliphatic rings. The summed E-state index contributed by atoms with van der Waals surface area (Å²) in [4.78, 5) is 0. The van der Waals surface area contributed by atoms with Crippen LogP contribution in [-0.2, 0) is 19.3 Å². The summed E-state index contributed by atoms with van der Waals surface area (Å²) < 4.78 is 40.3. The van der Waals surface area contributed by atoms with E-state index < -0.39 is 67.5 Å². The molecule has 128 valence electrons. The number of aliphatic hydroxyl groups is 5. The fourth-order valence-electron chi connectivity index (χ4n) is 1.24.